The minimum Gasteiger partial charge on any atom is -0.325 e. The Hall–Kier alpha value is -2.34. The Labute approximate surface area is 126 Å². The lowest BCUT2D eigenvalue weighted by molar-refractivity contribution is -0.115. The van der Waals surface area contributed by atoms with Crippen molar-refractivity contribution in [3.63, 3.8) is 0 Å². The summed E-state index contributed by atoms with van der Waals surface area (Å²) in [4.78, 5) is 11.6. The van der Waals surface area contributed by atoms with Gasteiger partial charge in [-0.25, -0.2) is 13.2 Å². The van der Waals surface area contributed by atoms with Crippen LogP contribution in [0.3, 0.4) is 0 Å². The van der Waals surface area contributed by atoms with E-state index in [1.165, 1.54) is 12.1 Å². The molecule has 0 fully saturated rings. The first-order valence-corrected chi connectivity index (χ1v) is 6.75. The van der Waals surface area contributed by atoms with Crippen LogP contribution < -0.4 is 10.6 Å². The Morgan fingerprint density at radius 1 is 0.955 bits per heavy atom. The number of anilines is 1. The Balaban J connectivity index is 1.74. The minimum atomic E-state index is -1.02. The molecule has 3 nitrogen and oxygen atoms in total. The third kappa shape index (κ3) is 4.60. The highest BCUT2D eigenvalue weighted by atomic mass is 19.2. The van der Waals surface area contributed by atoms with Gasteiger partial charge in [0, 0.05) is 11.8 Å². The van der Waals surface area contributed by atoms with Gasteiger partial charge in [-0.05, 0) is 36.7 Å². The number of carbonyl (C=O) groups excluding carboxylic acids is 1. The van der Waals surface area contributed by atoms with Crippen LogP contribution in [0.2, 0.25) is 0 Å². The van der Waals surface area contributed by atoms with Crippen molar-refractivity contribution in [2.75, 3.05) is 18.4 Å². The summed E-state index contributed by atoms with van der Waals surface area (Å²) in [5, 5.41) is 5.30. The van der Waals surface area contributed by atoms with Gasteiger partial charge in [0.1, 0.15) is 5.82 Å². The highest BCUT2D eigenvalue weighted by Crippen LogP contribution is 2.12. The number of amides is 1. The van der Waals surface area contributed by atoms with E-state index in [1.54, 1.807) is 18.2 Å². The van der Waals surface area contributed by atoms with Gasteiger partial charge in [0.05, 0.1) is 6.54 Å². The average Bonchev–Trinajstić information content (AvgIpc) is 2.49. The topological polar surface area (TPSA) is 41.1 Å². The van der Waals surface area contributed by atoms with Crippen molar-refractivity contribution in [3.05, 3.63) is 65.5 Å². The summed E-state index contributed by atoms with van der Waals surface area (Å²) in [7, 11) is 0. The largest absolute Gasteiger partial charge is 0.325 e. The molecule has 0 heterocycles. The van der Waals surface area contributed by atoms with E-state index in [0.717, 1.165) is 12.1 Å². The van der Waals surface area contributed by atoms with Crippen LogP contribution in [-0.2, 0) is 11.2 Å². The molecule has 2 N–H and O–H groups in total. The molecule has 0 aliphatic rings. The standard InChI is InChI=1S/C16H15F3N2O/c17-13-4-2-1-3-11(13)7-8-20-10-16(22)21-12-5-6-14(18)15(19)9-12/h1-6,9,20H,7-8,10H2,(H,21,22). The number of benzene rings is 2. The highest BCUT2D eigenvalue weighted by molar-refractivity contribution is 5.92. The molecule has 2 aromatic carbocycles. The summed E-state index contributed by atoms with van der Waals surface area (Å²) in [5.74, 6) is -2.67. The molecule has 0 aliphatic carbocycles. The fourth-order valence-electron chi connectivity index (χ4n) is 1.91. The Bertz CT molecular complexity index is 662. The number of carbonyl (C=O) groups is 1. The van der Waals surface area contributed by atoms with E-state index in [9.17, 15) is 18.0 Å². The fraction of sp³-hybridized carbons (Fsp3) is 0.188. The molecule has 0 saturated heterocycles. The third-order valence-electron chi connectivity index (χ3n) is 3.02. The van der Waals surface area contributed by atoms with Crippen molar-refractivity contribution < 1.29 is 18.0 Å². The number of halogens is 3. The molecule has 2 rings (SSSR count). The first-order valence-electron chi connectivity index (χ1n) is 6.75. The molecule has 6 heteroatoms. The molecule has 0 bridgehead atoms. The minimum absolute atomic E-state index is 0.00650. The number of nitrogens with one attached hydrogen (secondary N) is 2. The van der Waals surface area contributed by atoms with Gasteiger partial charge in [-0.15, -0.1) is 0 Å². The van der Waals surface area contributed by atoms with Gasteiger partial charge in [-0.3, -0.25) is 4.79 Å². The molecule has 1 amide bonds. The van der Waals surface area contributed by atoms with Crippen molar-refractivity contribution in [1.29, 1.82) is 0 Å². The van der Waals surface area contributed by atoms with Crippen molar-refractivity contribution in [2.45, 2.75) is 6.42 Å². The van der Waals surface area contributed by atoms with Crippen LogP contribution in [0.5, 0.6) is 0 Å². The summed E-state index contributed by atoms with van der Waals surface area (Å²) < 4.78 is 39.1. The summed E-state index contributed by atoms with van der Waals surface area (Å²) in [6, 6.07) is 9.54. The van der Waals surface area contributed by atoms with E-state index in [4.69, 9.17) is 0 Å². The zero-order chi connectivity index (χ0) is 15.9. The van der Waals surface area contributed by atoms with Crippen LogP contribution in [0, 0.1) is 17.5 Å². The molecule has 116 valence electrons. The summed E-state index contributed by atoms with van der Waals surface area (Å²) >= 11 is 0. The third-order valence-corrected chi connectivity index (χ3v) is 3.02. The van der Waals surface area contributed by atoms with Crippen LogP contribution in [0.1, 0.15) is 5.56 Å². The van der Waals surface area contributed by atoms with E-state index in [-0.39, 0.29) is 24.0 Å². The van der Waals surface area contributed by atoms with Gasteiger partial charge >= 0.3 is 0 Å². The van der Waals surface area contributed by atoms with Crippen molar-refractivity contribution in [2.24, 2.45) is 0 Å². The summed E-state index contributed by atoms with van der Waals surface area (Å²) in [6.07, 6.45) is 0.450. The normalized spacial score (nSPS) is 10.5. The smallest absolute Gasteiger partial charge is 0.238 e. The SMILES string of the molecule is O=C(CNCCc1ccccc1F)Nc1ccc(F)c(F)c1. The zero-order valence-corrected chi connectivity index (χ0v) is 11.7. The first kappa shape index (κ1) is 16.0. The molecular weight excluding hydrogens is 293 g/mol. The predicted octanol–water partition coefficient (Wildman–Crippen LogP) is 2.87. The molecular formula is C16H15F3N2O. The highest BCUT2D eigenvalue weighted by Gasteiger charge is 2.06. The summed E-state index contributed by atoms with van der Waals surface area (Å²) in [6.45, 7) is 0.416. The molecule has 0 aliphatic heterocycles. The van der Waals surface area contributed by atoms with E-state index < -0.39 is 11.6 Å². The molecule has 0 radical (unpaired) electrons. The van der Waals surface area contributed by atoms with Gasteiger partial charge in [0.25, 0.3) is 0 Å². The zero-order valence-electron chi connectivity index (χ0n) is 11.7. The summed E-state index contributed by atoms with van der Waals surface area (Å²) in [5.41, 5.74) is 0.746. The fourth-order valence-corrected chi connectivity index (χ4v) is 1.91. The second kappa shape index (κ2) is 7.61. The maximum absolute atomic E-state index is 13.4. The van der Waals surface area contributed by atoms with Gasteiger partial charge in [-0.2, -0.15) is 0 Å². The van der Waals surface area contributed by atoms with Crippen LogP contribution in [0.25, 0.3) is 0 Å². The van der Waals surface area contributed by atoms with E-state index in [0.29, 0.717) is 18.5 Å². The second-order valence-corrected chi connectivity index (χ2v) is 4.70. The quantitative estimate of drug-likeness (QED) is 0.806. The predicted molar refractivity (Wildman–Crippen MR) is 78.0 cm³/mol. The molecule has 0 unspecified atom stereocenters. The Kier molecular flexibility index (Phi) is 5.55. The van der Waals surface area contributed by atoms with Gasteiger partial charge in [-0.1, -0.05) is 18.2 Å². The van der Waals surface area contributed by atoms with Crippen molar-refractivity contribution in [1.82, 2.24) is 5.32 Å². The maximum atomic E-state index is 13.4. The molecule has 22 heavy (non-hydrogen) atoms. The van der Waals surface area contributed by atoms with E-state index in [2.05, 4.69) is 10.6 Å². The molecule has 0 saturated carbocycles. The van der Waals surface area contributed by atoms with E-state index >= 15 is 0 Å². The van der Waals surface area contributed by atoms with Crippen molar-refractivity contribution in [3.8, 4) is 0 Å². The second-order valence-electron chi connectivity index (χ2n) is 4.70. The van der Waals surface area contributed by atoms with Crippen molar-refractivity contribution >= 4 is 11.6 Å². The van der Waals surface area contributed by atoms with Crippen LogP contribution in [0.4, 0.5) is 18.9 Å². The maximum Gasteiger partial charge on any atom is 0.238 e. The lowest BCUT2D eigenvalue weighted by atomic mass is 10.1. The Morgan fingerprint density at radius 3 is 2.45 bits per heavy atom. The number of hydrogen-bond acceptors (Lipinski definition) is 2. The molecule has 0 spiro atoms. The van der Waals surface area contributed by atoms with Gasteiger partial charge < -0.3 is 10.6 Å². The van der Waals surface area contributed by atoms with Gasteiger partial charge in [0.15, 0.2) is 11.6 Å². The lowest BCUT2D eigenvalue weighted by Gasteiger charge is -2.07. The van der Waals surface area contributed by atoms with Crippen LogP contribution in [-0.4, -0.2) is 19.0 Å². The average molecular weight is 308 g/mol. The van der Waals surface area contributed by atoms with Crippen LogP contribution >= 0.6 is 0 Å². The molecule has 2 aromatic rings. The van der Waals surface area contributed by atoms with Gasteiger partial charge in [0.2, 0.25) is 5.91 Å². The lowest BCUT2D eigenvalue weighted by Crippen LogP contribution is -2.29. The molecule has 0 aromatic heterocycles. The van der Waals surface area contributed by atoms with E-state index in [1.807, 2.05) is 0 Å². The van der Waals surface area contributed by atoms with Crippen LogP contribution in [0.15, 0.2) is 42.5 Å². The monoisotopic (exact) mass is 308 g/mol. The number of rotatable bonds is 6. The molecule has 0 atom stereocenters. The number of hydrogen-bond donors (Lipinski definition) is 2. The first-order chi connectivity index (χ1) is 10.6. The Morgan fingerprint density at radius 2 is 1.73 bits per heavy atom.